The summed E-state index contributed by atoms with van der Waals surface area (Å²) in [6, 6.07) is 2.32. The third-order valence-corrected chi connectivity index (χ3v) is 3.83. The van der Waals surface area contributed by atoms with Gasteiger partial charge < -0.3 is 20.7 Å². The molecule has 0 unspecified atom stereocenters. The van der Waals surface area contributed by atoms with Crippen molar-refractivity contribution in [2.24, 2.45) is 5.73 Å². The summed E-state index contributed by atoms with van der Waals surface area (Å²) in [6.07, 6.45) is 7.96. The summed E-state index contributed by atoms with van der Waals surface area (Å²) in [5.41, 5.74) is 4.66. The van der Waals surface area contributed by atoms with E-state index in [2.05, 4.69) is 22.0 Å². The number of nitrogens with zero attached hydrogens (tertiary/aromatic N) is 2. The average molecular weight is 326 g/mol. The van der Waals surface area contributed by atoms with E-state index in [0.717, 1.165) is 6.54 Å². The maximum absolute atomic E-state index is 9.61. The van der Waals surface area contributed by atoms with E-state index in [9.17, 15) is 4.79 Å². The molecule has 1 aliphatic carbocycles. The van der Waals surface area contributed by atoms with Gasteiger partial charge in [-0.05, 0) is 53.2 Å². The van der Waals surface area contributed by atoms with Gasteiger partial charge in [-0.3, -0.25) is 4.79 Å². The molecule has 2 fully saturated rings. The van der Waals surface area contributed by atoms with Crippen molar-refractivity contribution in [3.05, 3.63) is 0 Å². The van der Waals surface area contributed by atoms with Crippen LogP contribution < -0.4 is 11.1 Å². The number of ether oxygens (including phenoxy) is 1. The Hall–Kier alpha value is -1.16. The smallest absolute Gasteiger partial charge is 0.294 e. The third-order valence-electron chi connectivity index (χ3n) is 3.83. The fourth-order valence-corrected chi connectivity index (χ4v) is 2.26. The second-order valence-electron chi connectivity index (χ2n) is 6.64. The first kappa shape index (κ1) is 21.8. The van der Waals surface area contributed by atoms with Crippen LogP contribution in [-0.2, 0) is 9.53 Å². The molecule has 0 aromatic carbocycles. The highest BCUT2D eigenvalue weighted by Gasteiger charge is 2.15. The van der Waals surface area contributed by atoms with Crippen molar-refractivity contribution in [2.45, 2.75) is 64.0 Å². The van der Waals surface area contributed by atoms with Crippen LogP contribution in [0, 0.1) is 11.3 Å². The molecule has 1 heterocycles. The minimum Gasteiger partial charge on any atom is -0.446 e. The van der Waals surface area contributed by atoms with Crippen LogP contribution >= 0.6 is 0 Å². The molecular formula is C17H34N4O2. The monoisotopic (exact) mass is 326 g/mol. The van der Waals surface area contributed by atoms with Gasteiger partial charge in [0.25, 0.3) is 6.47 Å². The summed E-state index contributed by atoms with van der Waals surface area (Å²) in [4.78, 5) is 12.0. The summed E-state index contributed by atoms with van der Waals surface area (Å²) >= 11 is 0. The molecule has 134 valence electrons. The van der Waals surface area contributed by atoms with Gasteiger partial charge in [-0.1, -0.05) is 19.3 Å². The summed E-state index contributed by atoms with van der Waals surface area (Å²) in [7, 11) is 2.17. The van der Waals surface area contributed by atoms with Gasteiger partial charge in [0.1, 0.15) is 6.07 Å². The molecule has 6 nitrogen and oxygen atoms in total. The second-order valence-corrected chi connectivity index (χ2v) is 6.64. The van der Waals surface area contributed by atoms with Crippen molar-refractivity contribution in [3.63, 3.8) is 0 Å². The Labute approximate surface area is 141 Å². The summed E-state index contributed by atoms with van der Waals surface area (Å²) in [6.45, 7) is 8.12. The number of nitrogens with two attached hydrogens (primary N) is 1. The zero-order valence-corrected chi connectivity index (χ0v) is 15.0. The quantitative estimate of drug-likeness (QED) is 0.750. The van der Waals surface area contributed by atoms with Crippen LogP contribution in [0.5, 0.6) is 0 Å². The number of likely N-dealkylation sites (N-methyl/N-ethyl adjacent to an activating group) is 1. The molecule has 1 aliphatic heterocycles. The Morgan fingerprint density at radius 2 is 1.87 bits per heavy atom. The molecule has 23 heavy (non-hydrogen) atoms. The molecule has 2 rings (SSSR count). The molecule has 0 aromatic heterocycles. The highest BCUT2D eigenvalue weighted by molar-refractivity contribution is 5.39. The van der Waals surface area contributed by atoms with E-state index in [-0.39, 0.29) is 6.47 Å². The zero-order valence-electron chi connectivity index (χ0n) is 15.0. The average Bonchev–Trinajstić information content (AvgIpc) is 2.77. The van der Waals surface area contributed by atoms with Crippen LogP contribution in [0.4, 0.5) is 0 Å². The molecule has 0 spiro atoms. The van der Waals surface area contributed by atoms with Crippen LogP contribution in [0.3, 0.4) is 0 Å². The molecule has 0 aromatic rings. The Kier molecular flexibility index (Phi) is 12.6. The fraction of sp³-hybridized carbons (Fsp3) is 0.882. The van der Waals surface area contributed by atoms with Crippen molar-refractivity contribution in [3.8, 4) is 6.07 Å². The third kappa shape index (κ3) is 14.2. The molecule has 0 amide bonds. The lowest BCUT2D eigenvalue weighted by Gasteiger charge is -2.15. The van der Waals surface area contributed by atoms with Crippen LogP contribution in [-0.4, -0.2) is 56.2 Å². The predicted molar refractivity (Wildman–Crippen MR) is 92.9 cm³/mol. The van der Waals surface area contributed by atoms with Gasteiger partial charge in [0.15, 0.2) is 5.60 Å². The van der Waals surface area contributed by atoms with E-state index in [4.69, 9.17) is 11.0 Å². The van der Waals surface area contributed by atoms with Gasteiger partial charge in [-0.25, -0.2) is 0 Å². The van der Waals surface area contributed by atoms with Crippen LogP contribution in [0.25, 0.3) is 0 Å². The predicted octanol–water partition coefficient (Wildman–Crippen LogP) is 1.65. The molecule has 3 N–H and O–H groups in total. The number of carbonyl (C=O) groups is 1. The number of rotatable bonds is 2. The Bertz CT molecular complexity index is 328. The van der Waals surface area contributed by atoms with Gasteiger partial charge in [0, 0.05) is 19.1 Å². The molecule has 6 heteroatoms. The van der Waals surface area contributed by atoms with Crippen LogP contribution in [0.1, 0.15) is 52.4 Å². The van der Waals surface area contributed by atoms with Crippen LogP contribution in [0.15, 0.2) is 0 Å². The number of nitriles is 1. The van der Waals surface area contributed by atoms with Gasteiger partial charge in [0.2, 0.25) is 0 Å². The maximum atomic E-state index is 9.61. The number of carbonyl (C=O) groups excluding carboxylic acids is 1. The zero-order chi connectivity index (χ0) is 17.6. The minimum absolute atomic E-state index is 0.267. The van der Waals surface area contributed by atoms with Crippen molar-refractivity contribution < 1.29 is 9.53 Å². The lowest BCUT2D eigenvalue weighted by molar-refractivity contribution is -0.136. The van der Waals surface area contributed by atoms with Gasteiger partial charge >= 0.3 is 0 Å². The summed E-state index contributed by atoms with van der Waals surface area (Å²) in [5, 5.41) is 11.5. The number of hydrogen-bond donors (Lipinski definition) is 2. The lowest BCUT2D eigenvalue weighted by Crippen LogP contribution is -2.23. The molecular weight excluding hydrogens is 292 g/mol. The molecule has 0 radical (unpaired) electrons. The van der Waals surface area contributed by atoms with E-state index in [1.165, 1.54) is 72.0 Å². The highest BCUT2D eigenvalue weighted by atomic mass is 16.5. The molecule has 1 saturated carbocycles. The van der Waals surface area contributed by atoms with E-state index < -0.39 is 5.60 Å². The fourth-order valence-electron chi connectivity index (χ4n) is 2.26. The SMILES string of the molecule is CC(C)(C#N)OC=O.CN1CCCNCC1.NC1CCCCC1. The van der Waals surface area contributed by atoms with E-state index in [1.54, 1.807) is 6.07 Å². The second kappa shape index (κ2) is 13.3. The minimum atomic E-state index is -0.970. The van der Waals surface area contributed by atoms with Gasteiger partial charge in [0.05, 0.1) is 0 Å². The first-order valence-corrected chi connectivity index (χ1v) is 8.59. The van der Waals surface area contributed by atoms with Crippen molar-refractivity contribution in [1.29, 1.82) is 5.26 Å². The Balaban J connectivity index is 0.000000316. The summed E-state index contributed by atoms with van der Waals surface area (Å²) in [5.74, 6) is 0. The maximum Gasteiger partial charge on any atom is 0.294 e. The lowest BCUT2D eigenvalue weighted by atomic mass is 9.97. The van der Waals surface area contributed by atoms with E-state index >= 15 is 0 Å². The first-order valence-electron chi connectivity index (χ1n) is 8.59. The normalized spacial score (nSPS) is 19.8. The summed E-state index contributed by atoms with van der Waals surface area (Å²) < 4.78 is 4.34. The number of hydrogen-bond acceptors (Lipinski definition) is 6. The Morgan fingerprint density at radius 1 is 1.22 bits per heavy atom. The van der Waals surface area contributed by atoms with Gasteiger partial charge in [-0.15, -0.1) is 0 Å². The van der Waals surface area contributed by atoms with Crippen molar-refractivity contribution >= 4 is 6.47 Å². The van der Waals surface area contributed by atoms with E-state index in [1.807, 2.05) is 0 Å². The number of nitrogens with one attached hydrogen (secondary N) is 1. The van der Waals surface area contributed by atoms with E-state index in [0.29, 0.717) is 6.04 Å². The molecule has 0 atom stereocenters. The first-order chi connectivity index (χ1) is 10.9. The van der Waals surface area contributed by atoms with Gasteiger partial charge in [-0.2, -0.15) is 5.26 Å². The largest absolute Gasteiger partial charge is 0.446 e. The Morgan fingerprint density at radius 3 is 2.30 bits per heavy atom. The van der Waals surface area contributed by atoms with Crippen LogP contribution in [0.2, 0.25) is 0 Å². The van der Waals surface area contributed by atoms with Crippen molar-refractivity contribution in [2.75, 3.05) is 33.2 Å². The van der Waals surface area contributed by atoms with Crippen molar-refractivity contribution in [1.82, 2.24) is 10.2 Å². The molecule has 0 bridgehead atoms. The molecule has 2 aliphatic rings. The highest BCUT2D eigenvalue weighted by Crippen LogP contribution is 2.14. The topological polar surface area (TPSA) is 91.4 Å². The molecule has 1 saturated heterocycles. The standard InChI is InChI=1S/C6H14N2.C6H13N.C5H7NO2/c1-8-5-2-3-7-4-6-8;7-6-4-2-1-3-5-6;1-5(2,3-6)8-4-7/h7H,2-6H2,1H3;6H,1-5,7H2;4H,1-2H3.